The van der Waals surface area contributed by atoms with E-state index >= 15 is 0 Å². The highest BCUT2D eigenvalue weighted by Crippen LogP contribution is 2.34. The van der Waals surface area contributed by atoms with E-state index in [1.807, 2.05) is 0 Å². The molecule has 0 spiro atoms. The number of pyridine rings is 1. The Morgan fingerprint density at radius 2 is 1.84 bits per heavy atom. The van der Waals surface area contributed by atoms with Crippen molar-refractivity contribution >= 4 is 23.0 Å². The van der Waals surface area contributed by atoms with E-state index in [0.717, 1.165) is 18.2 Å². The molecule has 31 heavy (non-hydrogen) atoms. The molecule has 0 radical (unpaired) electrons. The van der Waals surface area contributed by atoms with Crippen molar-refractivity contribution in [1.82, 2.24) is 4.98 Å². The highest BCUT2D eigenvalue weighted by atomic mass is 19.4. The van der Waals surface area contributed by atoms with Crippen molar-refractivity contribution in [3.63, 3.8) is 0 Å². The summed E-state index contributed by atoms with van der Waals surface area (Å²) in [5.41, 5.74) is 0.308. The van der Waals surface area contributed by atoms with Crippen molar-refractivity contribution in [2.45, 2.75) is 19.5 Å². The predicted molar refractivity (Wildman–Crippen MR) is 109 cm³/mol. The molecule has 162 valence electrons. The molecule has 0 fully saturated rings. The number of hydrogen-bond acceptors (Lipinski definition) is 4. The number of aryl methyl sites for hydroxylation is 1. The predicted octanol–water partition coefficient (Wildman–Crippen LogP) is 5.81. The van der Waals surface area contributed by atoms with Gasteiger partial charge in [-0.2, -0.15) is 13.2 Å². The molecule has 0 aliphatic heterocycles. The highest BCUT2D eigenvalue weighted by molar-refractivity contribution is 6.08. The lowest BCUT2D eigenvalue weighted by Gasteiger charge is -2.17. The third-order valence-corrected chi connectivity index (χ3v) is 4.51. The van der Waals surface area contributed by atoms with Crippen molar-refractivity contribution in [2.75, 3.05) is 17.7 Å². The third-order valence-electron chi connectivity index (χ3n) is 4.51. The van der Waals surface area contributed by atoms with Gasteiger partial charge in [0.15, 0.2) is 0 Å². The van der Waals surface area contributed by atoms with Gasteiger partial charge in [-0.15, -0.1) is 0 Å². The Labute approximate surface area is 176 Å². The van der Waals surface area contributed by atoms with Crippen molar-refractivity contribution < 1.29 is 27.1 Å². The average molecular weight is 433 g/mol. The monoisotopic (exact) mass is 433 g/mol. The lowest BCUT2D eigenvalue weighted by Crippen LogP contribution is -2.16. The van der Waals surface area contributed by atoms with Crippen LogP contribution in [0.5, 0.6) is 5.88 Å². The van der Waals surface area contributed by atoms with Gasteiger partial charge in [0.05, 0.1) is 35.8 Å². The Balaban J connectivity index is 1.98. The molecule has 1 aromatic heterocycles. The molecule has 5 nitrogen and oxygen atoms in total. The first-order valence-corrected chi connectivity index (χ1v) is 9.29. The molecule has 3 aromatic rings. The zero-order valence-electron chi connectivity index (χ0n) is 16.7. The van der Waals surface area contributed by atoms with E-state index in [1.165, 1.54) is 37.6 Å². The zero-order valence-corrected chi connectivity index (χ0v) is 16.7. The number of carbonyl (C=O) groups excluding carboxylic acids is 1. The molecular formula is C22H19F4N3O2. The number of alkyl halides is 3. The summed E-state index contributed by atoms with van der Waals surface area (Å²) in [6.07, 6.45) is -2.79. The fraction of sp³-hybridized carbons (Fsp3) is 0.182. The maximum atomic E-state index is 13.5. The van der Waals surface area contributed by atoms with E-state index in [2.05, 4.69) is 15.6 Å². The Hall–Kier alpha value is -3.62. The van der Waals surface area contributed by atoms with Crippen LogP contribution in [0.2, 0.25) is 0 Å². The number of rotatable bonds is 6. The van der Waals surface area contributed by atoms with Gasteiger partial charge in [-0.05, 0) is 54.4 Å². The van der Waals surface area contributed by atoms with E-state index in [4.69, 9.17) is 4.74 Å². The van der Waals surface area contributed by atoms with Crippen LogP contribution < -0.4 is 15.4 Å². The second-order valence-corrected chi connectivity index (χ2v) is 6.58. The topological polar surface area (TPSA) is 63.2 Å². The van der Waals surface area contributed by atoms with Gasteiger partial charge in [-0.1, -0.05) is 6.92 Å². The number of ether oxygens (including phenoxy) is 1. The van der Waals surface area contributed by atoms with Crippen molar-refractivity contribution in [3.8, 4) is 5.88 Å². The number of amides is 1. The minimum atomic E-state index is -4.60. The van der Waals surface area contributed by atoms with Crippen LogP contribution in [-0.4, -0.2) is 18.0 Å². The molecule has 2 aromatic carbocycles. The van der Waals surface area contributed by atoms with E-state index in [1.54, 1.807) is 13.0 Å². The number of anilines is 3. The lowest BCUT2D eigenvalue weighted by atomic mass is 10.1. The molecule has 0 bridgehead atoms. The molecule has 3 rings (SSSR count). The minimum absolute atomic E-state index is 0.0183. The lowest BCUT2D eigenvalue weighted by molar-refractivity contribution is -0.137. The number of aromatic nitrogens is 1. The Morgan fingerprint density at radius 3 is 2.45 bits per heavy atom. The molecule has 0 aliphatic carbocycles. The minimum Gasteiger partial charge on any atom is -0.481 e. The SMILES string of the molecule is CCc1cc(F)ccc1Nc1cc(C(F)(F)F)ccc1C(=O)Nc1ccc(OC)nc1. The van der Waals surface area contributed by atoms with Crippen LogP contribution in [0.25, 0.3) is 0 Å². The standard InChI is InChI=1S/C22H19F4N3O2/c1-3-13-10-15(23)5-8-18(13)29-19-11-14(22(24,25)26)4-7-17(19)21(30)28-16-6-9-20(31-2)27-12-16/h4-12,29H,3H2,1-2H3,(H,28,30). The normalized spacial score (nSPS) is 11.2. The van der Waals surface area contributed by atoms with Crippen LogP contribution in [0.4, 0.5) is 34.6 Å². The van der Waals surface area contributed by atoms with Gasteiger partial charge in [0.2, 0.25) is 5.88 Å². The number of benzene rings is 2. The number of methoxy groups -OCH3 is 1. The van der Waals surface area contributed by atoms with E-state index in [0.29, 0.717) is 29.2 Å². The first-order valence-electron chi connectivity index (χ1n) is 9.29. The molecule has 1 amide bonds. The van der Waals surface area contributed by atoms with E-state index < -0.39 is 23.5 Å². The fourth-order valence-corrected chi connectivity index (χ4v) is 2.92. The quantitative estimate of drug-likeness (QED) is 0.482. The zero-order chi connectivity index (χ0) is 22.6. The van der Waals surface area contributed by atoms with Crippen molar-refractivity contribution in [2.24, 2.45) is 0 Å². The summed E-state index contributed by atoms with van der Waals surface area (Å²) >= 11 is 0. The van der Waals surface area contributed by atoms with Gasteiger partial charge in [-0.25, -0.2) is 9.37 Å². The summed E-state index contributed by atoms with van der Waals surface area (Å²) in [5.74, 6) is -0.752. The first kappa shape index (κ1) is 22.1. The summed E-state index contributed by atoms with van der Waals surface area (Å²) in [5, 5.41) is 5.45. The van der Waals surface area contributed by atoms with Gasteiger partial charge in [-0.3, -0.25) is 4.79 Å². The van der Waals surface area contributed by atoms with E-state index in [-0.39, 0.29) is 11.3 Å². The smallest absolute Gasteiger partial charge is 0.416 e. The van der Waals surface area contributed by atoms with Crippen LogP contribution >= 0.6 is 0 Å². The number of halogens is 4. The summed E-state index contributed by atoms with van der Waals surface area (Å²) in [6.45, 7) is 1.79. The van der Waals surface area contributed by atoms with Gasteiger partial charge in [0.1, 0.15) is 5.82 Å². The maximum absolute atomic E-state index is 13.5. The van der Waals surface area contributed by atoms with Gasteiger partial charge in [0.25, 0.3) is 5.91 Å². The van der Waals surface area contributed by atoms with Crippen LogP contribution in [0.15, 0.2) is 54.7 Å². The van der Waals surface area contributed by atoms with Crippen molar-refractivity contribution in [1.29, 1.82) is 0 Å². The molecule has 0 unspecified atom stereocenters. The second kappa shape index (κ2) is 9.03. The molecule has 0 atom stereocenters. The Kier molecular flexibility index (Phi) is 6.43. The largest absolute Gasteiger partial charge is 0.481 e. The second-order valence-electron chi connectivity index (χ2n) is 6.58. The molecule has 0 saturated heterocycles. The van der Waals surface area contributed by atoms with Crippen LogP contribution in [0, 0.1) is 5.82 Å². The number of nitrogens with one attached hydrogen (secondary N) is 2. The number of carbonyl (C=O) groups is 1. The summed E-state index contributed by atoms with van der Waals surface area (Å²) in [7, 11) is 1.45. The molecule has 9 heteroatoms. The van der Waals surface area contributed by atoms with Gasteiger partial charge >= 0.3 is 6.18 Å². The third kappa shape index (κ3) is 5.30. The summed E-state index contributed by atoms with van der Waals surface area (Å²) in [6, 6.07) is 9.76. The van der Waals surface area contributed by atoms with E-state index in [9.17, 15) is 22.4 Å². The van der Waals surface area contributed by atoms with Crippen LogP contribution in [-0.2, 0) is 12.6 Å². The van der Waals surface area contributed by atoms with Crippen LogP contribution in [0.1, 0.15) is 28.4 Å². The molecule has 0 saturated carbocycles. The Morgan fingerprint density at radius 1 is 1.06 bits per heavy atom. The fourth-order valence-electron chi connectivity index (χ4n) is 2.92. The molecule has 2 N–H and O–H groups in total. The van der Waals surface area contributed by atoms with Gasteiger partial charge < -0.3 is 15.4 Å². The highest BCUT2D eigenvalue weighted by Gasteiger charge is 2.31. The first-order chi connectivity index (χ1) is 14.7. The summed E-state index contributed by atoms with van der Waals surface area (Å²) < 4.78 is 58.3. The molecule has 0 aliphatic rings. The number of nitrogens with zero attached hydrogens (tertiary/aromatic N) is 1. The molecular weight excluding hydrogens is 414 g/mol. The van der Waals surface area contributed by atoms with Crippen LogP contribution in [0.3, 0.4) is 0 Å². The molecule has 1 heterocycles. The Bertz CT molecular complexity index is 1080. The van der Waals surface area contributed by atoms with Gasteiger partial charge in [0, 0.05) is 11.8 Å². The van der Waals surface area contributed by atoms with Crippen molar-refractivity contribution in [3.05, 3.63) is 77.2 Å². The summed E-state index contributed by atoms with van der Waals surface area (Å²) in [4.78, 5) is 16.8. The maximum Gasteiger partial charge on any atom is 0.416 e. The average Bonchev–Trinajstić information content (AvgIpc) is 2.74. The number of hydrogen-bond donors (Lipinski definition) is 2.